The van der Waals surface area contributed by atoms with Crippen molar-refractivity contribution in [3.63, 3.8) is 0 Å². The van der Waals surface area contributed by atoms with E-state index in [1.54, 1.807) is 6.07 Å². The van der Waals surface area contributed by atoms with Crippen LogP contribution in [0.5, 0.6) is 0 Å². The largest absolute Gasteiger partial charge is 0.399 e. The highest BCUT2D eigenvalue weighted by Crippen LogP contribution is 2.35. The Morgan fingerprint density at radius 1 is 1.03 bits per heavy atom. The molecule has 32 heavy (non-hydrogen) atoms. The molecule has 0 aliphatic carbocycles. The monoisotopic (exact) mass is 424 g/mol. The number of rotatable bonds is 8. The number of nitrogens with one attached hydrogen (secondary N) is 2. The molecular formula is C27H28N4O. The fourth-order valence-corrected chi connectivity index (χ4v) is 4.00. The van der Waals surface area contributed by atoms with E-state index in [-0.39, 0.29) is 5.91 Å². The van der Waals surface area contributed by atoms with E-state index in [1.807, 2.05) is 43.3 Å². The molecule has 0 atom stereocenters. The average molecular weight is 425 g/mol. The summed E-state index contributed by atoms with van der Waals surface area (Å²) >= 11 is 0. The second-order valence-corrected chi connectivity index (χ2v) is 8.02. The van der Waals surface area contributed by atoms with Crippen molar-refractivity contribution >= 4 is 28.5 Å². The Labute approximate surface area is 189 Å². The molecule has 3 aromatic carbocycles. The second-order valence-electron chi connectivity index (χ2n) is 8.02. The topological polar surface area (TPSA) is 70.4 Å². The van der Waals surface area contributed by atoms with Crippen LogP contribution in [0.2, 0.25) is 0 Å². The molecule has 1 aliphatic rings. The van der Waals surface area contributed by atoms with Crippen LogP contribution in [0.15, 0.2) is 91.1 Å². The van der Waals surface area contributed by atoms with E-state index in [2.05, 4.69) is 58.5 Å². The maximum absolute atomic E-state index is 12.5. The summed E-state index contributed by atoms with van der Waals surface area (Å²) in [6.45, 7) is 8.33. The zero-order valence-corrected chi connectivity index (χ0v) is 18.3. The highest BCUT2D eigenvalue weighted by atomic mass is 16.2. The molecule has 5 heteroatoms. The summed E-state index contributed by atoms with van der Waals surface area (Å²) in [5.74, 6) is -0.117. The number of hydrogen-bond donors (Lipinski definition) is 3. The van der Waals surface area contributed by atoms with Gasteiger partial charge in [0.05, 0.1) is 5.57 Å². The van der Waals surface area contributed by atoms with Crippen LogP contribution in [0, 0.1) is 0 Å². The van der Waals surface area contributed by atoms with E-state index in [0.717, 1.165) is 42.3 Å². The maximum Gasteiger partial charge on any atom is 0.258 e. The normalized spacial score (nSPS) is 14.1. The van der Waals surface area contributed by atoms with Crippen LogP contribution in [0.25, 0.3) is 5.57 Å². The minimum atomic E-state index is -0.117. The number of benzene rings is 3. The molecule has 4 N–H and O–H groups in total. The minimum absolute atomic E-state index is 0.117. The third kappa shape index (κ3) is 4.90. The van der Waals surface area contributed by atoms with Gasteiger partial charge in [0.2, 0.25) is 0 Å². The van der Waals surface area contributed by atoms with Gasteiger partial charge in [0, 0.05) is 48.0 Å². The molecule has 162 valence electrons. The Morgan fingerprint density at radius 3 is 2.41 bits per heavy atom. The first-order chi connectivity index (χ1) is 15.5. The first-order valence-electron chi connectivity index (χ1n) is 10.7. The molecule has 1 heterocycles. The molecule has 0 fully saturated rings. The zero-order chi connectivity index (χ0) is 22.5. The minimum Gasteiger partial charge on any atom is -0.399 e. The first kappa shape index (κ1) is 21.4. The molecule has 0 radical (unpaired) electrons. The van der Waals surface area contributed by atoms with Crippen molar-refractivity contribution in [2.75, 3.05) is 22.9 Å². The van der Waals surface area contributed by atoms with Gasteiger partial charge in [-0.2, -0.15) is 0 Å². The van der Waals surface area contributed by atoms with Crippen molar-refractivity contribution in [2.45, 2.75) is 20.0 Å². The molecule has 3 aromatic rings. The lowest BCUT2D eigenvalue weighted by molar-refractivity contribution is -0.110. The molecule has 0 aromatic heterocycles. The fraction of sp³-hybridized carbons (Fsp3) is 0.148. The van der Waals surface area contributed by atoms with Crippen molar-refractivity contribution in [1.82, 2.24) is 4.90 Å². The molecule has 0 saturated heterocycles. The number of carbonyl (C=O) groups is 1. The number of nitrogens with zero attached hydrogens (tertiary/aromatic N) is 1. The van der Waals surface area contributed by atoms with Crippen LogP contribution < -0.4 is 16.4 Å². The van der Waals surface area contributed by atoms with Gasteiger partial charge in [0.25, 0.3) is 5.91 Å². The van der Waals surface area contributed by atoms with Crippen molar-refractivity contribution in [1.29, 1.82) is 0 Å². The summed E-state index contributed by atoms with van der Waals surface area (Å²) in [6.07, 6.45) is 1.94. The summed E-state index contributed by atoms with van der Waals surface area (Å²) in [6, 6.07) is 24.2. The highest BCUT2D eigenvalue weighted by Gasteiger charge is 2.26. The number of fused-ring (bicyclic) bond motifs is 1. The van der Waals surface area contributed by atoms with Gasteiger partial charge in [0.1, 0.15) is 0 Å². The molecule has 0 bridgehead atoms. The number of hydrogen-bond acceptors (Lipinski definition) is 4. The Balaban J connectivity index is 1.47. The fourth-order valence-electron chi connectivity index (χ4n) is 4.00. The number of nitrogen functional groups attached to an aromatic ring is 1. The van der Waals surface area contributed by atoms with Crippen molar-refractivity contribution in [3.05, 3.63) is 108 Å². The lowest BCUT2D eigenvalue weighted by Gasteiger charge is -2.21. The predicted octanol–water partition coefficient (Wildman–Crippen LogP) is 5.25. The Morgan fingerprint density at radius 2 is 1.72 bits per heavy atom. The van der Waals surface area contributed by atoms with E-state index in [4.69, 9.17) is 5.73 Å². The van der Waals surface area contributed by atoms with Gasteiger partial charge in [-0.1, -0.05) is 48.5 Å². The third-order valence-corrected chi connectivity index (χ3v) is 5.49. The Hall–Kier alpha value is -3.83. The molecule has 5 nitrogen and oxygen atoms in total. The van der Waals surface area contributed by atoms with Crippen LogP contribution in [0.1, 0.15) is 23.6 Å². The average Bonchev–Trinajstić information content (AvgIpc) is 3.11. The molecule has 0 spiro atoms. The van der Waals surface area contributed by atoms with Gasteiger partial charge in [-0.05, 0) is 48.4 Å². The van der Waals surface area contributed by atoms with Gasteiger partial charge in [-0.3, -0.25) is 9.69 Å². The number of amides is 1. The summed E-state index contributed by atoms with van der Waals surface area (Å²) < 4.78 is 0. The van der Waals surface area contributed by atoms with E-state index in [0.29, 0.717) is 11.3 Å². The maximum atomic E-state index is 12.5. The molecule has 4 rings (SSSR count). The summed E-state index contributed by atoms with van der Waals surface area (Å²) in [5.41, 5.74) is 13.0. The standard InChI is InChI=1S/C27H28N4O/c1-3-15-31(17-20-7-5-4-6-8-20)18-21-9-12-23(13-10-21)29-19(2)26-24-16-22(28)11-14-25(24)30-27(26)32/h3-14,16,29H,1,15,17-18,28H2,2H3,(H,30,32). The van der Waals surface area contributed by atoms with Crippen molar-refractivity contribution in [3.8, 4) is 0 Å². The van der Waals surface area contributed by atoms with Gasteiger partial charge in [-0.25, -0.2) is 0 Å². The van der Waals surface area contributed by atoms with Gasteiger partial charge < -0.3 is 16.4 Å². The quantitative estimate of drug-likeness (QED) is 0.262. The van der Waals surface area contributed by atoms with E-state index in [1.165, 1.54) is 11.1 Å². The van der Waals surface area contributed by atoms with E-state index >= 15 is 0 Å². The molecule has 0 unspecified atom stereocenters. The van der Waals surface area contributed by atoms with Crippen LogP contribution in [-0.2, 0) is 17.9 Å². The van der Waals surface area contributed by atoms with Gasteiger partial charge in [-0.15, -0.1) is 6.58 Å². The number of allylic oxidation sites excluding steroid dienone is 1. The van der Waals surface area contributed by atoms with E-state index in [9.17, 15) is 4.79 Å². The number of nitrogens with two attached hydrogens (primary N) is 1. The highest BCUT2D eigenvalue weighted by molar-refractivity contribution is 6.32. The molecular weight excluding hydrogens is 396 g/mol. The summed E-state index contributed by atoms with van der Waals surface area (Å²) in [4.78, 5) is 14.8. The Bertz CT molecular complexity index is 1150. The second kappa shape index (κ2) is 9.54. The van der Waals surface area contributed by atoms with Gasteiger partial charge >= 0.3 is 0 Å². The van der Waals surface area contributed by atoms with Crippen molar-refractivity contribution < 1.29 is 4.79 Å². The summed E-state index contributed by atoms with van der Waals surface area (Å²) in [5, 5.41) is 6.27. The lowest BCUT2D eigenvalue weighted by atomic mass is 10.0. The molecule has 1 aliphatic heterocycles. The van der Waals surface area contributed by atoms with E-state index < -0.39 is 0 Å². The van der Waals surface area contributed by atoms with Crippen LogP contribution >= 0.6 is 0 Å². The van der Waals surface area contributed by atoms with Crippen LogP contribution in [-0.4, -0.2) is 17.4 Å². The number of carbonyl (C=O) groups excluding carboxylic acids is 1. The van der Waals surface area contributed by atoms with Crippen molar-refractivity contribution in [2.24, 2.45) is 0 Å². The SMILES string of the molecule is C=CCN(Cc1ccccc1)Cc1ccc(NC(C)=C2C(=O)Nc3ccc(N)cc32)cc1. The molecule has 0 saturated carbocycles. The Kier molecular flexibility index (Phi) is 6.38. The van der Waals surface area contributed by atoms with Crippen LogP contribution in [0.4, 0.5) is 17.1 Å². The lowest BCUT2D eigenvalue weighted by Crippen LogP contribution is -2.22. The van der Waals surface area contributed by atoms with Gasteiger partial charge in [0.15, 0.2) is 0 Å². The third-order valence-electron chi connectivity index (χ3n) is 5.49. The zero-order valence-electron chi connectivity index (χ0n) is 18.3. The smallest absolute Gasteiger partial charge is 0.258 e. The summed E-state index contributed by atoms with van der Waals surface area (Å²) in [7, 11) is 0. The number of anilines is 3. The first-order valence-corrected chi connectivity index (χ1v) is 10.7. The predicted molar refractivity (Wildman–Crippen MR) is 133 cm³/mol. The molecule has 1 amide bonds. The van der Waals surface area contributed by atoms with Crippen LogP contribution in [0.3, 0.4) is 0 Å².